The maximum Gasteiger partial charge on any atom is 0.220 e. The third-order valence-electron chi connectivity index (χ3n) is 3.82. The van der Waals surface area contributed by atoms with Gasteiger partial charge in [0.25, 0.3) is 0 Å². The second kappa shape index (κ2) is 6.93. The first-order valence-electron chi connectivity index (χ1n) is 7.62. The molecule has 0 saturated heterocycles. The van der Waals surface area contributed by atoms with Crippen LogP contribution >= 0.6 is 0 Å². The fraction of sp³-hybridized carbons (Fsp3) is 0.158. The van der Waals surface area contributed by atoms with Crippen molar-refractivity contribution in [1.29, 1.82) is 0 Å². The van der Waals surface area contributed by atoms with Gasteiger partial charge in [0.1, 0.15) is 24.1 Å². The molecule has 0 amide bonds. The normalized spacial score (nSPS) is 10.8. The molecule has 0 bridgehead atoms. The minimum Gasteiger partial charge on any atom is -0.472 e. The molecule has 1 aromatic heterocycles. The second-order valence-electron chi connectivity index (χ2n) is 5.59. The van der Waals surface area contributed by atoms with Crippen LogP contribution in [0.2, 0.25) is 0 Å². The summed E-state index contributed by atoms with van der Waals surface area (Å²) in [4.78, 5) is 8.70. The number of rotatable bonds is 4. The van der Waals surface area contributed by atoms with Gasteiger partial charge in [-0.1, -0.05) is 0 Å². The second-order valence-corrected chi connectivity index (χ2v) is 5.59. The number of halogens is 3. The highest BCUT2D eigenvalue weighted by Crippen LogP contribution is 2.24. The van der Waals surface area contributed by atoms with E-state index in [1.165, 1.54) is 12.1 Å². The van der Waals surface area contributed by atoms with Crippen LogP contribution < -0.4 is 4.74 Å². The lowest BCUT2D eigenvalue weighted by Gasteiger charge is -2.12. The molecule has 25 heavy (non-hydrogen) atoms. The maximum atomic E-state index is 13.7. The molecule has 1 heterocycles. The zero-order valence-corrected chi connectivity index (χ0v) is 13.7. The molecule has 0 aliphatic rings. The fourth-order valence-electron chi connectivity index (χ4n) is 2.27. The predicted molar refractivity (Wildman–Crippen MR) is 87.6 cm³/mol. The summed E-state index contributed by atoms with van der Waals surface area (Å²) in [5.41, 5.74) is 2.11. The van der Waals surface area contributed by atoms with Crippen molar-refractivity contribution in [2.45, 2.75) is 20.5 Å². The van der Waals surface area contributed by atoms with E-state index >= 15 is 0 Å². The van der Waals surface area contributed by atoms with Crippen LogP contribution in [0.1, 0.15) is 16.8 Å². The van der Waals surface area contributed by atoms with E-state index < -0.39 is 11.6 Å². The van der Waals surface area contributed by atoms with Crippen molar-refractivity contribution in [1.82, 2.24) is 9.97 Å². The Morgan fingerprint density at radius 2 is 1.56 bits per heavy atom. The van der Waals surface area contributed by atoms with E-state index in [2.05, 4.69) is 9.97 Å². The molecule has 3 rings (SSSR count). The number of aromatic nitrogens is 2. The molecule has 0 fully saturated rings. The van der Waals surface area contributed by atoms with Gasteiger partial charge in [0.15, 0.2) is 5.82 Å². The molecule has 0 unspecified atom stereocenters. The molecule has 6 heteroatoms. The van der Waals surface area contributed by atoms with Gasteiger partial charge in [-0.25, -0.2) is 18.2 Å². The summed E-state index contributed by atoms with van der Waals surface area (Å²) in [6.07, 6.45) is 0. The lowest BCUT2D eigenvalue weighted by Crippen LogP contribution is -2.05. The number of benzene rings is 2. The summed E-state index contributed by atoms with van der Waals surface area (Å²) in [5.74, 6) is -0.801. The molecular weight excluding hydrogens is 329 g/mol. The van der Waals surface area contributed by atoms with E-state index in [1.54, 1.807) is 26.0 Å². The Morgan fingerprint density at radius 1 is 0.880 bits per heavy atom. The largest absolute Gasteiger partial charge is 0.472 e. The molecule has 0 saturated carbocycles. The Labute approximate surface area is 143 Å². The number of aryl methyl sites for hydroxylation is 1. The highest BCUT2D eigenvalue weighted by atomic mass is 19.1. The molecule has 0 aliphatic heterocycles. The first-order valence-corrected chi connectivity index (χ1v) is 7.62. The van der Waals surface area contributed by atoms with Crippen molar-refractivity contribution in [3.05, 3.63) is 76.7 Å². The minimum atomic E-state index is -0.552. The average molecular weight is 344 g/mol. The summed E-state index contributed by atoms with van der Waals surface area (Å²) in [7, 11) is 0. The highest BCUT2D eigenvalue weighted by molar-refractivity contribution is 5.56. The van der Waals surface area contributed by atoms with E-state index in [0.29, 0.717) is 22.6 Å². The first kappa shape index (κ1) is 17.0. The topological polar surface area (TPSA) is 35.0 Å². The standard InChI is InChI=1S/C19H15F3N2O/c1-11-12(2)23-18(13-3-5-15(20)6-4-13)24-19(11)25-10-14-9-16(21)7-8-17(14)22/h3-9H,10H2,1-2H3. The SMILES string of the molecule is Cc1nc(-c2ccc(F)cc2)nc(OCc2cc(F)ccc2F)c1C. The quantitative estimate of drug-likeness (QED) is 0.685. The van der Waals surface area contributed by atoms with Gasteiger partial charge < -0.3 is 4.74 Å². The zero-order chi connectivity index (χ0) is 18.0. The lowest BCUT2D eigenvalue weighted by molar-refractivity contribution is 0.284. The Morgan fingerprint density at radius 3 is 2.28 bits per heavy atom. The van der Waals surface area contributed by atoms with Crippen LogP contribution in [-0.2, 0) is 6.61 Å². The number of hydrogen-bond donors (Lipinski definition) is 0. The van der Waals surface area contributed by atoms with Gasteiger partial charge in [0.05, 0.1) is 0 Å². The average Bonchev–Trinajstić information content (AvgIpc) is 2.59. The molecule has 2 aromatic carbocycles. The van der Waals surface area contributed by atoms with Crippen LogP contribution in [0.5, 0.6) is 5.88 Å². The van der Waals surface area contributed by atoms with Gasteiger partial charge >= 0.3 is 0 Å². The Bertz CT molecular complexity index is 911. The monoisotopic (exact) mass is 344 g/mol. The molecular formula is C19H15F3N2O. The van der Waals surface area contributed by atoms with E-state index in [0.717, 1.165) is 18.2 Å². The minimum absolute atomic E-state index is 0.0963. The summed E-state index contributed by atoms with van der Waals surface area (Å²) in [5, 5.41) is 0. The number of nitrogens with zero attached hydrogens (tertiary/aromatic N) is 2. The van der Waals surface area contributed by atoms with Crippen molar-refractivity contribution in [2.24, 2.45) is 0 Å². The van der Waals surface area contributed by atoms with Gasteiger partial charge in [-0.15, -0.1) is 0 Å². The van der Waals surface area contributed by atoms with E-state index in [-0.39, 0.29) is 23.9 Å². The zero-order valence-electron chi connectivity index (χ0n) is 13.7. The van der Waals surface area contributed by atoms with Crippen molar-refractivity contribution < 1.29 is 17.9 Å². The Balaban J connectivity index is 1.90. The summed E-state index contributed by atoms with van der Waals surface area (Å²) in [6.45, 7) is 3.41. The van der Waals surface area contributed by atoms with Crippen LogP contribution in [0, 0.1) is 31.3 Å². The van der Waals surface area contributed by atoms with Gasteiger partial charge in [0.2, 0.25) is 5.88 Å². The first-order chi connectivity index (χ1) is 11.9. The third kappa shape index (κ3) is 3.79. The highest BCUT2D eigenvalue weighted by Gasteiger charge is 2.12. The van der Waals surface area contributed by atoms with Crippen molar-refractivity contribution >= 4 is 0 Å². The molecule has 3 aromatic rings. The summed E-state index contributed by atoms with van der Waals surface area (Å²) >= 11 is 0. The molecule has 0 atom stereocenters. The lowest BCUT2D eigenvalue weighted by atomic mass is 10.2. The fourth-order valence-corrected chi connectivity index (χ4v) is 2.27. The Hall–Kier alpha value is -2.89. The van der Waals surface area contributed by atoms with Gasteiger partial charge in [0, 0.05) is 22.4 Å². The number of ether oxygens (including phenoxy) is 1. The smallest absolute Gasteiger partial charge is 0.220 e. The van der Waals surface area contributed by atoms with E-state index in [9.17, 15) is 13.2 Å². The molecule has 0 radical (unpaired) electrons. The summed E-state index contributed by atoms with van der Waals surface area (Å²) in [6, 6.07) is 8.94. The maximum absolute atomic E-state index is 13.7. The third-order valence-corrected chi connectivity index (χ3v) is 3.82. The van der Waals surface area contributed by atoms with Crippen LogP contribution in [0.15, 0.2) is 42.5 Å². The Kier molecular flexibility index (Phi) is 4.70. The van der Waals surface area contributed by atoms with Crippen molar-refractivity contribution in [2.75, 3.05) is 0 Å². The van der Waals surface area contributed by atoms with Gasteiger partial charge in [-0.05, 0) is 56.3 Å². The van der Waals surface area contributed by atoms with Crippen LogP contribution in [0.3, 0.4) is 0 Å². The molecule has 0 aliphatic carbocycles. The van der Waals surface area contributed by atoms with Gasteiger partial charge in [-0.3, -0.25) is 0 Å². The van der Waals surface area contributed by atoms with Crippen LogP contribution in [-0.4, -0.2) is 9.97 Å². The molecule has 0 N–H and O–H groups in total. The number of hydrogen-bond acceptors (Lipinski definition) is 3. The van der Waals surface area contributed by atoms with Crippen molar-refractivity contribution in [3.63, 3.8) is 0 Å². The molecule has 128 valence electrons. The molecule has 0 spiro atoms. The van der Waals surface area contributed by atoms with Gasteiger partial charge in [-0.2, -0.15) is 4.98 Å². The van der Waals surface area contributed by atoms with E-state index in [1.807, 2.05) is 0 Å². The molecule has 3 nitrogen and oxygen atoms in total. The summed E-state index contributed by atoms with van der Waals surface area (Å²) < 4.78 is 45.6. The van der Waals surface area contributed by atoms with E-state index in [4.69, 9.17) is 4.74 Å². The van der Waals surface area contributed by atoms with Crippen LogP contribution in [0.4, 0.5) is 13.2 Å². The van der Waals surface area contributed by atoms with Crippen LogP contribution in [0.25, 0.3) is 11.4 Å². The van der Waals surface area contributed by atoms with Crippen molar-refractivity contribution in [3.8, 4) is 17.3 Å². The predicted octanol–water partition coefficient (Wildman–Crippen LogP) is 4.76.